The van der Waals surface area contributed by atoms with Crippen LogP contribution >= 0.6 is 0 Å². The van der Waals surface area contributed by atoms with Crippen LogP contribution in [0.3, 0.4) is 0 Å². The number of anilines is 1. The summed E-state index contributed by atoms with van der Waals surface area (Å²) in [6, 6.07) is 24.4. The van der Waals surface area contributed by atoms with Gasteiger partial charge in [-0.2, -0.15) is 0 Å². The van der Waals surface area contributed by atoms with Crippen LogP contribution in [0.15, 0.2) is 66.7 Å². The Morgan fingerprint density at radius 2 is 1.33 bits per heavy atom. The minimum atomic E-state index is -0.156. The molecule has 0 amide bonds. The number of nitrogens with zero attached hydrogens (tertiary/aromatic N) is 2. The van der Waals surface area contributed by atoms with Crippen LogP contribution in [0.2, 0.25) is 0 Å². The van der Waals surface area contributed by atoms with E-state index in [9.17, 15) is 4.79 Å². The van der Waals surface area contributed by atoms with Crippen LogP contribution in [0.5, 0.6) is 0 Å². The maximum Gasteiger partial charge on any atom is 0.310 e. The lowest BCUT2D eigenvalue weighted by Crippen LogP contribution is -2.25. The van der Waals surface area contributed by atoms with E-state index in [0.29, 0.717) is 13.0 Å². The molecule has 0 bridgehead atoms. The molecule has 2 saturated carbocycles. The highest BCUT2D eigenvalue weighted by atomic mass is 16.5. The number of ether oxygens (including phenoxy) is 1. The lowest BCUT2D eigenvalue weighted by Gasteiger charge is -2.19. The highest BCUT2D eigenvalue weighted by molar-refractivity contribution is 5.72. The third kappa shape index (κ3) is 8.66. The molecule has 0 unspecified atom stereocenters. The van der Waals surface area contributed by atoms with Crippen molar-refractivity contribution in [2.75, 3.05) is 25.9 Å². The zero-order valence-corrected chi connectivity index (χ0v) is 25.1. The van der Waals surface area contributed by atoms with Crippen LogP contribution in [-0.2, 0) is 48.5 Å². The number of aliphatic hydroxyl groups is 1. The molecule has 3 aromatic rings. The van der Waals surface area contributed by atoms with E-state index in [-0.39, 0.29) is 5.97 Å². The van der Waals surface area contributed by atoms with Crippen molar-refractivity contribution in [2.24, 2.45) is 0 Å². The smallest absolute Gasteiger partial charge is 0.310 e. The van der Waals surface area contributed by atoms with Gasteiger partial charge < -0.3 is 15.6 Å². The molecule has 2 heterocycles. The number of fused-ring (bicyclic) bond motifs is 2. The Morgan fingerprint density at radius 3 is 1.93 bits per heavy atom. The minimum Gasteiger partial charge on any atom is -0.461 e. The number of hydrogen-bond donors (Lipinski definition) is 2. The summed E-state index contributed by atoms with van der Waals surface area (Å²) in [6.07, 6.45) is 10.8. The molecule has 6 heteroatoms. The molecule has 0 saturated heterocycles. The monoisotopic (exact) mass is 569 g/mol. The molecule has 0 atom stereocenters. The third-order valence-corrected chi connectivity index (χ3v) is 8.75. The lowest BCUT2D eigenvalue weighted by atomic mass is 10.00. The van der Waals surface area contributed by atoms with Crippen molar-refractivity contribution >= 4 is 11.7 Å². The summed E-state index contributed by atoms with van der Waals surface area (Å²) in [5, 5.41) is 7.00. The first-order valence-corrected chi connectivity index (χ1v) is 15.7. The molecule has 2 aliphatic carbocycles. The van der Waals surface area contributed by atoms with Crippen molar-refractivity contribution < 1.29 is 14.6 Å². The topological polar surface area (TPSA) is 79.0 Å². The normalized spacial score (nSPS) is 18.5. The molecule has 6 nitrogen and oxygen atoms in total. The summed E-state index contributed by atoms with van der Waals surface area (Å²) in [5.74, 6) is -0.156. The van der Waals surface area contributed by atoms with Crippen LogP contribution in [-0.4, -0.2) is 53.2 Å². The van der Waals surface area contributed by atoms with E-state index in [1.165, 1.54) is 80.3 Å². The van der Waals surface area contributed by atoms with Crippen molar-refractivity contribution in [3.05, 3.63) is 100 Å². The fraction of sp³-hybridized carbons (Fsp3) is 0.472. The number of aliphatic hydroxyl groups excluding tert-OH is 1. The Kier molecular flexibility index (Phi) is 10.7. The van der Waals surface area contributed by atoms with E-state index in [0.717, 1.165) is 55.5 Å². The number of hydrogen-bond acceptors (Lipinski definition) is 6. The second-order valence-electron chi connectivity index (χ2n) is 12.1. The molecule has 0 radical (unpaired) electrons. The number of aryl methyl sites for hydroxylation is 2. The van der Waals surface area contributed by atoms with Gasteiger partial charge in [-0.3, -0.25) is 14.6 Å². The van der Waals surface area contributed by atoms with Gasteiger partial charge in [0.15, 0.2) is 0 Å². The predicted molar refractivity (Wildman–Crippen MR) is 169 cm³/mol. The zero-order chi connectivity index (χ0) is 29.3. The molecule has 7 rings (SSSR count). The summed E-state index contributed by atoms with van der Waals surface area (Å²) in [6.45, 7) is 4.96. The average Bonchev–Trinajstić information content (AvgIpc) is 3.90. The molecule has 224 valence electrons. The van der Waals surface area contributed by atoms with Crippen LogP contribution < -0.4 is 5.73 Å². The highest BCUT2D eigenvalue weighted by Gasteiger charge is 2.31. The summed E-state index contributed by atoms with van der Waals surface area (Å²) in [5.41, 5.74) is 14.7. The SMILES string of the molecule is CO.Nc1ccc2c(c1)CN(C1CC1)CCC2.O=C(Cc1ccc2c(c1)CN(C1CC1)CCC2)OCc1ccccc1. The average molecular weight is 570 g/mol. The Labute approximate surface area is 251 Å². The number of carbonyl (C=O) groups is 1. The summed E-state index contributed by atoms with van der Waals surface area (Å²) < 4.78 is 5.42. The summed E-state index contributed by atoms with van der Waals surface area (Å²) in [7, 11) is 1.00. The Morgan fingerprint density at radius 1 is 0.762 bits per heavy atom. The second-order valence-corrected chi connectivity index (χ2v) is 12.1. The Hall–Kier alpha value is -3.19. The zero-order valence-electron chi connectivity index (χ0n) is 25.1. The van der Waals surface area contributed by atoms with E-state index in [1.807, 2.05) is 36.4 Å². The van der Waals surface area contributed by atoms with Gasteiger partial charge in [-0.05, 0) is 110 Å². The van der Waals surface area contributed by atoms with Gasteiger partial charge in [0.05, 0.1) is 6.42 Å². The molecule has 4 aliphatic rings. The molecule has 0 aromatic heterocycles. The number of nitrogen functional groups attached to an aromatic ring is 1. The van der Waals surface area contributed by atoms with Gasteiger partial charge >= 0.3 is 5.97 Å². The van der Waals surface area contributed by atoms with Crippen molar-refractivity contribution in [1.82, 2.24) is 9.80 Å². The van der Waals surface area contributed by atoms with Crippen LogP contribution in [0.4, 0.5) is 5.69 Å². The maximum atomic E-state index is 12.2. The quantitative estimate of drug-likeness (QED) is 0.294. The first-order chi connectivity index (χ1) is 20.6. The minimum absolute atomic E-state index is 0.156. The maximum absolute atomic E-state index is 12.2. The van der Waals surface area contributed by atoms with E-state index >= 15 is 0 Å². The standard InChI is InChI=1S/C22H25NO2.C13H18N2.CH4O/c24-22(25-16-17-5-2-1-3-6-17)14-18-8-9-19-7-4-12-23(21-10-11-21)15-20(19)13-18;14-12-4-3-10-2-1-7-15(13-5-6-13)9-11(10)8-12;1-2/h1-3,5-6,8-9,13,21H,4,7,10-12,14-16H2;3-4,8,13H,1-2,5-7,9,14H2;2H,1H3. The van der Waals surface area contributed by atoms with Gasteiger partial charge in [0.1, 0.15) is 6.61 Å². The molecule has 2 fully saturated rings. The molecular weight excluding hydrogens is 522 g/mol. The molecular formula is C36H47N3O3. The van der Waals surface area contributed by atoms with Crippen molar-refractivity contribution in [1.29, 1.82) is 0 Å². The van der Waals surface area contributed by atoms with Crippen molar-refractivity contribution in [2.45, 2.75) is 89.6 Å². The Balaban J connectivity index is 0.000000176. The van der Waals surface area contributed by atoms with Crippen molar-refractivity contribution in [3.63, 3.8) is 0 Å². The van der Waals surface area contributed by atoms with Gasteiger partial charge in [-0.15, -0.1) is 0 Å². The molecule has 42 heavy (non-hydrogen) atoms. The number of rotatable bonds is 6. The van der Waals surface area contributed by atoms with E-state index < -0.39 is 0 Å². The fourth-order valence-corrected chi connectivity index (χ4v) is 6.22. The van der Waals surface area contributed by atoms with Crippen LogP contribution in [0, 0.1) is 0 Å². The molecule has 0 spiro atoms. The van der Waals surface area contributed by atoms with E-state index in [1.54, 1.807) is 0 Å². The molecule has 3 aromatic carbocycles. The molecule has 3 N–H and O–H groups in total. The second kappa shape index (κ2) is 14.8. The highest BCUT2D eigenvalue weighted by Crippen LogP contribution is 2.32. The first kappa shape index (κ1) is 30.3. The number of benzene rings is 3. The predicted octanol–water partition coefficient (Wildman–Crippen LogP) is 5.67. The third-order valence-electron chi connectivity index (χ3n) is 8.75. The van der Waals surface area contributed by atoms with E-state index in [2.05, 4.69) is 40.1 Å². The van der Waals surface area contributed by atoms with Gasteiger partial charge in [0.2, 0.25) is 0 Å². The largest absolute Gasteiger partial charge is 0.461 e. The number of esters is 1. The van der Waals surface area contributed by atoms with E-state index in [4.69, 9.17) is 15.6 Å². The number of carbonyl (C=O) groups excluding carboxylic acids is 1. The Bertz CT molecular complexity index is 1300. The van der Waals surface area contributed by atoms with Crippen LogP contribution in [0.1, 0.15) is 71.9 Å². The molecule has 2 aliphatic heterocycles. The summed E-state index contributed by atoms with van der Waals surface area (Å²) >= 11 is 0. The fourth-order valence-electron chi connectivity index (χ4n) is 6.22. The number of nitrogens with two attached hydrogens (primary N) is 1. The van der Waals surface area contributed by atoms with Crippen LogP contribution in [0.25, 0.3) is 0 Å². The van der Waals surface area contributed by atoms with Gasteiger partial charge in [-0.25, -0.2) is 0 Å². The van der Waals surface area contributed by atoms with Gasteiger partial charge in [0.25, 0.3) is 0 Å². The van der Waals surface area contributed by atoms with Gasteiger partial charge in [0, 0.05) is 38.0 Å². The van der Waals surface area contributed by atoms with Gasteiger partial charge in [-0.1, -0.05) is 54.6 Å². The summed E-state index contributed by atoms with van der Waals surface area (Å²) in [4.78, 5) is 17.4. The van der Waals surface area contributed by atoms with Crippen molar-refractivity contribution in [3.8, 4) is 0 Å². The first-order valence-electron chi connectivity index (χ1n) is 15.7. The lowest BCUT2D eigenvalue weighted by molar-refractivity contribution is -0.144.